The molecule has 0 aliphatic rings. The van der Waals surface area contributed by atoms with E-state index in [1.165, 1.54) is 0 Å². The molecular weight excluding hydrogens is 310 g/mol. The molecule has 0 saturated carbocycles. The van der Waals surface area contributed by atoms with Gasteiger partial charge in [0.05, 0.1) is 0 Å². The quantitative estimate of drug-likeness (QED) is 0.851. The summed E-state index contributed by atoms with van der Waals surface area (Å²) >= 11 is 6.22. The van der Waals surface area contributed by atoms with Gasteiger partial charge in [-0.3, -0.25) is 0 Å². The molecule has 0 amide bonds. The standard InChI is InChI=1S/C7H6Br2F2N2/c8-2-3-1-4(12)13-6(5(3)9)7(10)11/h1,7H,2H2,(H2,12,13). The van der Waals surface area contributed by atoms with Gasteiger partial charge in [0.2, 0.25) is 0 Å². The van der Waals surface area contributed by atoms with Crippen molar-refractivity contribution >= 4 is 37.7 Å². The van der Waals surface area contributed by atoms with E-state index in [1.54, 1.807) is 6.07 Å². The fraction of sp³-hybridized carbons (Fsp3) is 0.286. The molecule has 0 aromatic carbocycles. The lowest BCUT2D eigenvalue weighted by atomic mass is 10.2. The van der Waals surface area contributed by atoms with Gasteiger partial charge in [-0.2, -0.15) is 0 Å². The maximum atomic E-state index is 12.4. The Morgan fingerprint density at radius 2 is 2.15 bits per heavy atom. The van der Waals surface area contributed by atoms with E-state index in [0.29, 0.717) is 15.4 Å². The minimum Gasteiger partial charge on any atom is -0.384 e. The molecular formula is C7H6Br2F2N2. The molecule has 0 unspecified atom stereocenters. The summed E-state index contributed by atoms with van der Waals surface area (Å²) in [5.74, 6) is 0.105. The molecule has 0 bridgehead atoms. The van der Waals surface area contributed by atoms with Crippen LogP contribution in [0.2, 0.25) is 0 Å². The van der Waals surface area contributed by atoms with E-state index in [1.807, 2.05) is 0 Å². The second-order valence-corrected chi connectivity index (χ2v) is 3.69. The third-order valence-corrected chi connectivity index (χ3v) is 2.95. The van der Waals surface area contributed by atoms with Gasteiger partial charge in [-0.25, -0.2) is 13.8 Å². The van der Waals surface area contributed by atoms with Gasteiger partial charge in [-0.05, 0) is 27.6 Å². The van der Waals surface area contributed by atoms with Crippen molar-refractivity contribution in [2.75, 3.05) is 5.73 Å². The number of halogens is 4. The Hall–Kier alpha value is -0.230. The lowest BCUT2D eigenvalue weighted by Crippen LogP contribution is -2.00. The van der Waals surface area contributed by atoms with Crippen molar-refractivity contribution in [3.63, 3.8) is 0 Å². The summed E-state index contributed by atoms with van der Waals surface area (Å²) in [6.45, 7) is 0. The number of nitrogens with zero attached hydrogens (tertiary/aromatic N) is 1. The van der Waals surface area contributed by atoms with E-state index in [2.05, 4.69) is 36.8 Å². The summed E-state index contributed by atoms with van der Waals surface area (Å²) < 4.78 is 25.0. The lowest BCUT2D eigenvalue weighted by Gasteiger charge is -2.07. The molecule has 0 aliphatic carbocycles. The first-order chi connectivity index (χ1) is 6.06. The number of hydrogen-bond donors (Lipinski definition) is 1. The molecule has 1 heterocycles. The van der Waals surface area contributed by atoms with Crippen molar-refractivity contribution in [2.45, 2.75) is 11.8 Å². The Labute approximate surface area is 90.8 Å². The summed E-state index contributed by atoms with van der Waals surface area (Å²) in [7, 11) is 0. The minimum absolute atomic E-state index is 0.105. The van der Waals surface area contributed by atoms with Crippen molar-refractivity contribution in [2.24, 2.45) is 0 Å². The first-order valence-electron chi connectivity index (χ1n) is 3.35. The van der Waals surface area contributed by atoms with Crippen LogP contribution in [0.15, 0.2) is 10.5 Å². The molecule has 2 nitrogen and oxygen atoms in total. The SMILES string of the molecule is Nc1cc(CBr)c(Br)c(C(F)F)n1. The Morgan fingerprint density at radius 1 is 1.54 bits per heavy atom. The Morgan fingerprint density at radius 3 is 2.62 bits per heavy atom. The van der Waals surface area contributed by atoms with Crippen LogP contribution in [-0.4, -0.2) is 4.98 Å². The first-order valence-corrected chi connectivity index (χ1v) is 5.26. The number of anilines is 1. The van der Waals surface area contributed by atoms with Crippen molar-refractivity contribution in [1.29, 1.82) is 0 Å². The van der Waals surface area contributed by atoms with Crippen LogP contribution in [0.3, 0.4) is 0 Å². The molecule has 72 valence electrons. The molecule has 1 aromatic heterocycles. The fourth-order valence-corrected chi connectivity index (χ4v) is 2.20. The average Bonchev–Trinajstić information content (AvgIpc) is 2.08. The van der Waals surface area contributed by atoms with Gasteiger partial charge in [0, 0.05) is 9.80 Å². The Balaban J connectivity index is 3.27. The van der Waals surface area contributed by atoms with Crippen LogP contribution < -0.4 is 5.73 Å². The van der Waals surface area contributed by atoms with Crippen LogP contribution >= 0.6 is 31.9 Å². The highest BCUT2D eigenvalue weighted by atomic mass is 79.9. The normalized spacial score (nSPS) is 10.8. The largest absolute Gasteiger partial charge is 0.384 e. The van der Waals surface area contributed by atoms with Crippen LogP contribution in [0.4, 0.5) is 14.6 Å². The molecule has 0 atom stereocenters. The predicted molar refractivity (Wildman–Crippen MR) is 53.9 cm³/mol. The number of aromatic nitrogens is 1. The smallest absolute Gasteiger partial charge is 0.281 e. The first kappa shape index (κ1) is 10.8. The van der Waals surface area contributed by atoms with E-state index in [9.17, 15) is 8.78 Å². The number of nitrogen functional groups attached to an aromatic ring is 1. The predicted octanol–water partition coefficient (Wildman–Crippen LogP) is 3.26. The highest BCUT2D eigenvalue weighted by Gasteiger charge is 2.16. The average molecular weight is 316 g/mol. The minimum atomic E-state index is -2.62. The molecule has 1 rings (SSSR count). The third kappa shape index (κ3) is 2.37. The summed E-state index contributed by atoms with van der Waals surface area (Å²) in [6.07, 6.45) is -2.62. The zero-order chi connectivity index (χ0) is 10.0. The topological polar surface area (TPSA) is 38.9 Å². The zero-order valence-electron chi connectivity index (χ0n) is 6.40. The van der Waals surface area contributed by atoms with Crippen LogP contribution in [0.5, 0.6) is 0 Å². The molecule has 0 saturated heterocycles. The molecule has 1 aromatic rings. The maximum absolute atomic E-state index is 12.4. The summed E-state index contributed by atoms with van der Waals surface area (Å²) in [4.78, 5) is 3.54. The Kier molecular flexibility index (Phi) is 3.61. The third-order valence-electron chi connectivity index (χ3n) is 1.43. The molecule has 0 fully saturated rings. The molecule has 0 spiro atoms. The maximum Gasteiger partial charge on any atom is 0.281 e. The van der Waals surface area contributed by atoms with E-state index >= 15 is 0 Å². The van der Waals surface area contributed by atoms with E-state index in [0.717, 1.165) is 0 Å². The summed E-state index contributed by atoms with van der Waals surface area (Å²) in [5.41, 5.74) is 5.71. The van der Waals surface area contributed by atoms with Crippen LogP contribution in [-0.2, 0) is 5.33 Å². The van der Waals surface area contributed by atoms with Crippen LogP contribution in [0.1, 0.15) is 17.7 Å². The van der Waals surface area contributed by atoms with Crippen LogP contribution in [0.25, 0.3) is 0 Å². The highest BCUT2D eigenvalue weighted by Crippen LogP contribution is 2.30. The van der Waals surface area contributed by atoms with Gasteiger partial charge in [0.1, 0.15) is 11.5 Å². The monoisotopic (exact) mass is 314 g/mol. The number of hydrogen-bond acceptors (Lipinski definition) is 2. The summed E-state index contributed by atoms with van der Waals surface area (Å²) in [6, 6.07) is 1.55. The number of nitrogens with two attached hydrogens (primary N) is 1. The molecule has 0 aliphatic heterocycles. The highest BCUT2D eigenvalue weighted by molar-refractivity contribution is 9.10. The summed E-state index contributed by atoms with van der Waals surface area (Å²) in [5, 5.41) is 0.458. The van der Waals surface area contributed by atoms with Crippen LogP contribution in [0, 0.1) is 0 Å². The van der Waals surface area contributed by atoms with Gasteiger partial charge in [-0.1, -0.05) is 15.9 Å². The van der Waals surface area contributed by atoms with E-state index < -0.39 is 6.43 Å². The van der Waals surface area contributed by atoms with Gasteiger partial charge < -0.3 is 5.73 Å². The lowest BCUT2D eigenvalue weighted by molar-refractivity contribution is 0.145. The molecule has 0 radical (unpaired) electrons. The zero-order valence-corrected chi connectivity index (χ0v) is 9.57. The second kappa shape index (κ2) is 4.32. The van der Waals surface area contributed by atoms with Gasteiger partial charge >= 0.3 is 0 Å². The molecule has 13 heavy (non-hydrogen) atoms. The van der Waals surface area contributed by atoms with Crippen molar-refractivity contribution in [1.82, 2.24) is 4.98 Å². The number of pyridine rings is 1. The van der Waals surface area contributed by atoms with Gasteiger partial charge in [0.15, 0.2) is 0 Å². The fourth-order valence-electron chi connectivity index (χ4n) is 0.869. The number of rotatable bonds is 2. The van der Waals surface area contributed by atoms with Gasteiger partial charge in [-0.15, -0.1) is 0 Å². The van der Waals surface area contributed by atoms with Crippen molar-refractivity contribution in [3.8, 4) is 0 Å². The van der Waals surface area contributed by atoms with Crippen molar-refractivity contribution < 1.29 is 8.78 Å². The van der Waals surface area contributed by atoms with E-state index in [4.69, 9.17) is 5.73 Å². The second-order valence-electron chi connectivity index (χ2n) is 2.34. The Bertz CT molecular complexity index is 318. The molecule has 2 N–H and O–H groups in total. The van der Waals surface area contributed by atoms with Gasteiger partial charge in [0.25, 0.3) is 6.43 Å². The van der Waals surface area contributed by atoms with Crippen molar-refractivity contribution in [3.05, 3.63) is 21.8 Å². The number of alkyl halides is 3. The molecule has 6 heteroatoms. The van der Waals surface area contributed by atoms with E-state index in [-0.39, 0.29) is 11.5 Å².